The van der Waals surface area contributed by atoms with Gasteiger partial charge in [0.05, 0.1) is 18.7 Å². The lowest BCUT2D eigenvalue weighted by molar-refractivity contribution is -0.126. The Morgan fingerprint density at radius 1 is 1.50 bits per heavy atom. The van der Waals surface area contributed by atoms with Crippen molar-refractivity contribution in [2.75, 3.05) is 25.1 Å². The molecule has 0 saturated carbocycles. The predicted octanol–water partition coefficient (Wildman–Crippen LogP) is 0.933. The van der Waals surface area contributed by atoms with Crippen molar-refractivity contribution in [3.63, 3.8) is 0 Å². The molecule has 2 atom stereocenters. The molecular weight excluding hydrogens is 306 g/mol. The molecule has 122 valence electrons. The van der Waals surface area contributed by atoms with Crippen molar-refractivity contribution in [2.24, 2.45) is 11.7 Å². The second-order valence-electron chi connectivity index (χ2n) is 5.22. The van der Waals surface area contributed by atoms with E-state index in [9.17, 15) is 9.59 Å². The number of nitrogens with one attached hydrogen (secondary N) is 1. The number of hydrogen-bond donors (Lipinski definition) is 2. The summed E-state index contributed by atoms with van der Waals surface area (Å²) in [6, 6.07) is 7.21. The van der Waals surface area contributed by atoms with Crippen LogP contribution in [0.2, 0.25) is 0 Å². The molecule has 0 aromatic heterocycles. The molecular formula is C15H22ClN3O3. The Bertz CT molecular complexity index is 539. The number of amides is 2. The molecule has 7 heteroatoms. The number of nitrogens with zero attached hydrogens (tertiary/aromatic N) is 1. The molecule has 1 unspecified atom stereocenters. The topological polar surface area (TPSA) is 84.7 Å². The van der Waals surface area contributed by atoms with Gasteiger partial charge in [0.2, 0.25) is 11.8 Å². The number of nitrogens with two attached hydrogens (primary N) is 1. The van der Waals surface area contributed by atoms with Crippen molar-refractivity contribution >= 4 is 29.9 Å². The molecule has 2 rings (SSSR count). The van der Waals surface area contributed by atoms with Crippen LogP contribution in [0.3, 0.4) is 0 Å². The second-order valence-corrected chi connectivity index (χ2v) is 5.22. The molecule has 1 aromatic carbocycles. The van der Waals surface area contributed by atoms with Crippen molar-refractivity contribution in [2.45, 2.75) is 19.4 Å². The van der Waals surface area contributed by atoms with E-state index in [1.807, 2.05) is 25.1 Å². The Morgan fingerprint density at radius 2 is 2.18 bits per heavy atom. The maximum atomic E-state index is 12.2. The van der Waals surface area contributed by atoms with Gasteiger partial charge < -0.3 is 20.7 Å². The lowest BCUT2D eigenvalue weighted by Gasteiger charge is -2.20. The Balaban J connectivity index is 0.00000242. The summed E-state index contributed by atoms with van der Waals surface area (Å²) < 4.78 is 5.27. The standard InChI is InChI=1S/C15H21N3O3.ClH/c1-10(8-16)17-15(20)11-7-14(19)18(9-11)12-5-3-4-6-13(12)21-2;/h3-6,10-11H,7-9,16H2,1-2H3,(H,17,20);1H/t10-,11?;/m0./s1. The highest BCUT2D eigenvalue weighted by atomic mass is 35.5. The maximum Gasteiger partial charge on any atom is 0.227 e. The fraction of sp³-hybridized carbons (Fsp3) is 0.467. The van der Waals surface area contributed by atoms with E-state index in [1.54, 1.807) is 18.1 Å². The quantitative estimate of drug-likeness (QED) is 0.842. The third-order valence-electron chi connectivity index (χ3n) is 3.61. The smallest absolute Gasteiger partial charge is 0.227 e. The monoisotopic (exact) mass is 327 g/mol. The van der Waals surface area contributed by atoms with Gasteiger partial charge in [0, 0.05) is 25.6 Å². The molecule has 1 heterocycles. The van der Waals surface area contributed by atoms with Crippen molar-refractivity contribution in [1.82, 2.24) is 5.32 Å². The van der Waals surface area contributed by atoms with E-state index < -0.39 is 0 Å². The molecule has 22 heavy (non-hydrogen) atoms. The van der Waals surface area contributed by atoms with Gasteiger partial charge in [-0.05, 0) is 19.1 Å². The number of ether oxygens (including phenoxy) is 1. The van der Waals surface area contributed by atoms with Crippen molar-refractivity contribution in [3.8, 4) is 5.75 Å². The van der Waals surface area contributed by atoms with Gasteiger partial charge in [-0.2, -0.15) is 0 Å². The first-order valence-corrected chi connectivity index (χ1v) is 7.00. The Kier molecular flexibility index (Phi) is 6.64. The molecule has 2 amide bonds. The molecule has 1 aliphatic rings. The number of halogens is 1. The number of methoxy groups -OCH3 is 1. The minimum atomic E-state index is -0.351. The van der Waals surface area contributed by atoms with E-state index in [4.69, 9.17) is 10.5 Å². The van der Waals surface area contributed by atoms with Crippen LogP contribution in [0.1, 0.15) is 13.3 Å². The van der Waals surface area contributed by atoms with Crippen LogP contribution < -0.4 is 20.7 Å². The summed E-state index contributed by atoms with van der Waals surface area (Å²) in [6.07, 6.45) is 0.209. The summed E-state index contributed by atoms with van der Waals surface area (Å²) in [4.78, 5) is 25.9. The Hall–Kier alpha value is -1.79. The van der Waals surface area contributed by atoms with Gasteiger partial charge >= 0.3 is 0 Å². The fourth-order valence-electron chi connectivity index (χ4n) is 2.39. The molecule has 0 radical (unpaired) electrons. The van der Waals surface area contributed by atoms with Crippen molar-refractivity contribution < 1.29 is 14.3 Å². The van der Waals surface area contributed by atoms with E-state index in [1.165, 1.54) is 0 Å². The van der Waals surface area contributed by atoms with Crippen LogP contribution in [0.15, 0.2) is 24.3 Å². The van der Waals surface area contributed by atoms with E-state index in [0.717, 1.165) is 0 Å². The molecule has 1 saturated heterocycles. The maximum absolute atomic E-state index is 12.2. The van der Waals surface area contributed by atoms with Crippen molar-refractivity contribution in [1.29, 1.82) is 0 Å². The average molecular weight is 328 g/mol. The summed E-state index contributed by atoms with van der Waals surface area (Å²) in [6.45, 7) is 2.58. The first-order chi connectivity index (χ1) is 10.1. The van der Waals surface area contributed by atoms with Gasteiger partial charge in [-0.3, -0.25) is 9.59 Å². The summed E-state index contributed by atoms with van der Waals surface area (Å²) in [7, 11) is 1.56. The number of carbonyl (C=O) groups is 2. The highest BCUT2D eigenvalue weighted by Crippen LogP contribution is 2.32. The zero-order valence-corrected chi connectivity index (χ0v) is 13.6. The number of carbonyl (C=O) groups excluding carboxylic acids is 2. The van der Waals surface area contributed by atoms with E-state index >= 15 is 0 Å². The lowest BCUT2D eigenvalue weighted by atomic mass is 10.1. The van der Waals surface area contributed by atoms with Gasteiger partial charge in [0.1, 0.15) is 5.75 Å². The average Bonchev–Trinajstić information content (AvgIpc) is 2.89. The van der Waals surface area contributed by atoms with Crippen LogP contribution in [0.25, 0.3) is 0 Å². The highest BCUT2D eigenvalue weighted by molar-refractivity contribution is 6.01. The number of para-hydroxylation sites is 2. The number of anilines is 1. The first kappa shape index (κ1) is 18.3. The lowest BCUT2D eigenvalue weighted by Crippen LogP contribution is -2.41. The molecule has 3 N–H and O–H groups in total. The van der Waals surface area contributed by atoms with Crippen LogP contribution in [0.4, 0.5) is 5.69 Å². The van der Waals surface area contributed by atoms with Crippen LogP contribution >= 0.6 is 12.4 Å². The third kappa shape index (κ3) is 3.90. The van der Waals surface area contributed by atoms with Gasteiger partial charge in [-0.25, -0.2) is 0 Å². The molecule has 1 fully saturated rings. The normalized spacial score (nSPS) is 18.6. The number of hydrogen-bond acceptors (Lipinski definition) is 4. The van der Waals surface area contributed by atoms with Crippen LogP contribution in [-0.2, 0) is 9.59 Å². The summed E-state index contributed by atoms with van der Waals surface area (Å²) in [5, 5.41) is 2.82. The van der Waals surface area contributed by atoms with Crippen molar-refractivity contribution in [3.05, 3.63) is 24.3 Å². The largest absolute Gasteiger partial charge is 0.495 e. The molecule has 0 bridgehead atoms. The molecule has 0 aliphatic carbocycles. The fourth-order valence-corrected chi connectivity index (χ4v) is 2.39. The minimum Gasteiger partial charge on any atom is -0.495 e. The Morgan fingerprint density at radius 3 is 2.82 bits per heavy atom. The van der Waals surface area contributed by atoms with Crippen LogP contribution in [-0.4, -0.2) is 38.1 Å². The SMILES string of the molecule is COc1ccccc1N1CC(C(=O)N[C@@H](C)CN)CC1=O.Cl. The van der Waals surface area contributed by atoms with Gasteiger partial charge in [0.15, 0.2) is 0 Å². The predicted molar refractivity (Wildman–Crippen MR) is 87.4 cm³/mol. The second kappa shape index (κ2) is 8.00. The summed E-state index contributed by atoms with van der Waals surface area (Å²) in [5.74, 6) is 0.0809. The third-order valence-corrected chi connectivity index (χ3v) is 3.61. The summed E-state index contributed by atoms with van der Waals surface area (Å²) in [5.41, 5.74) is 6.20. The van der Waals surface area contributed by atoms with Crippen LogP contribution in [0, 0.1) is 5.92 Å². The Labute approximate surface area is 136 Å². The molecule has 6 nitrogen and oxygen atoms in total. The zero-order valence-electron chi connectivity index (χ0n) is 12.7. The molecule has 1 aliphatic heterocycles. The summed E-state index contributed by atoms with van der Waals surface area (Å²) >= 11 is 0. The van der Waals surface area contributed by atoms with E-state index in [2.05, 4.69) is 5.32 Å². The first-order valence-electron chi connectivity index (χ1n) is 7.00. The molecule has 1 aromatic rings. The number of rotatable bonds is 5. The zero-order chi connectivity index (χ0) is 15.4. The highest BCUT2D eigenvalue weighted by Gasteiger charge is 2.36. The van der Waals surface area contributed by atoms with Gasteiger partial charge in [-0.15, -0.1) is 12.4 Å². The number of benzene rings is 1. The van der Waals surface area contributed by atoms with Gasteiger partial charge in [0.25, 0.3) is 0 Å². The molecule has 0 spiro atoms. The van der Waals surface area contributed by atoms with E-state index in [0.29, 0.717) is 24.5 Å². The van der Waals surface area contributed by atoms with Crippen LogP contribution in [0.5, 0.6) is 5.75 Å². The van der Waals surface area contributed by atoms with Gasteiger partial charge in [-0.1, -0.05) is 12.1 Å². The minimum absolute atomic E-state index is 0. The van der Waals surface area contributed by atoms with E-state index in [-0.39, 0.29) is 42.6 Å².